The number of hydrogen-bond donors (Lipinski definition) is 1. The van der Waals surface area contributed by atoms with E-state index >= 15 is 0 Å². The highest BCUT2D eigenvalue weighted by Crippen LogP contribution is 2.09. The van der Waals surface area contributed by atoms with Crippen molar-refractivity contribution in [2.24, 2.45) is 0 Å². The summed E-state index contributed by atoms with van der Waals surface area (Å²) in [6.07, 6.45) is 0.385. The van der Waals surface area contributed by atoms with Gasteiger partial charge in [0.25, 0.3) is 0 Å². The van der Waals surface area contributed by atoms with Crippen LogP contribution in [0.15, 0.2) is 18.2 Å². The van der Waals surface area contributed by atoms with Crippen molar-refractivity contribution in [2.75, 3.05) is 26.9 Å². The summed E-state index contributed by atoms with van der Waals surface area (Å²) in [7, 11) is 1.60. The van der Waals surface area contributed by atoms with Crippen LogP contribution in [0.25, 0.3) is 0 Å². The molecular weight excluding hydrogens is 235 g/mol. The van der Waals surface area contributed by atoms with Crippen LogP contribution in [0.4, 0.5) is 4.39 Å². The summed E-state index contributed by atoms with van der Waals surface area (Å²) in [6.45, 7) is 1.32. The average Bonchev–Trinajstić information content (AvgIpc) is 2.34. The molecule has 0 spiro atoms. The van der Waals surface area contributed by atoms with Crippen molar-refractivity contribution in [3.05, 3.63) is 35.1 Å². The second-order valence-corrected chi connectivity index (χ2v) is 3.67. The number of halogens is 1. The van der Waals surface area contributed by atoms with Crippen molar-refractivity contribution in [3.63, 3.8) is 0 Å². The molecule has 0 fully saturated rings. The summed E-state index contributed by atoms with van der Waals surface area (Å²) in [5.74, 6) is 5.22. The molecule has 0 saturated carbocycles. The zero-order chi connectivity index (χ0) is 13.2. The molecule has 18 heavy (non-hydrogen) atoms. The van der Waals surface area contributed by atoms with Crippen LogP contribution in [0.2, 0.25) is 0 Å². The largest absolute Gasteiger partial charge is 0.395 e. The number of methoxy groups -OCH3 is 1. The summed E-state index contributed by atoms with van der Waals surface area (Å²) in [4.78, 5) is 0. The quantitative estimate of drug-likeness (QED) is 0.619. The molecule has 0 atom stereocenters. The average molecular weight is 252 g/mol. The van der Waals surface area contributed by atoms with Crippen molar-refractivity contribution in [2.45, 2.75) is 13.0 Å². The van der Waals surface area contributed by atoms with E-state index in [1.54, 1.807) is 13.2 Å². The van der Waals surface area contributed by atoms with Crippen molar-refractivity contribution in [1.29, 1.82) is 0 Å². The molecule has 0 radical (unpaired) electrons. The summed E-state index contributed by atoms with van der Waals surface area (Å²) in [6, 6.07) is 4.56. The van der Waals surface area contributed by atoms with Crippen LogP contribution < -0.4 is 0 Å². The molecule has 98 valence electrons. The van der Waals surface area contributed by atoms with Gasteiger partial charge in [-0.1, -0.05) is 11.8 Å². The minimum absolute atomic E-state index is 0.00923. The number of aliphatic hydroxyl groups excluding tert-OH is 1. The lowest BCUT2D eigenvalue weighted by atomic mass is 10.1. The van der Waals surface area contributed by atoms with Gasteiger partial charge in [0, 0.05) is 19.1 Å². The first-order valence-electron chi connectivity index (χ1n) is 5.72. The first-order chi connectivity index (χ1) is 8.76. The maximum Gasteiger partial charge on any atom is 0.124 e. The van der Waals surface area contributed by atoms with Gasteiger partial charge in [0.2, 0.25) is 0 Å². The van der Waals surface area contributed by atoms with Crippen LogP contribution >= 0.6 is 0 Å². The minimum Gasteiger partial charge on any atom is -0.395 e. The maximum absolute atomic E-state index is 13.3. The van der Waals surface area contributed by atoms with E-state index < -0.39 is 0 Å². The second kappa shape index (κ2) is 8.65. The van der Waals surface area contributed by atoms with Crippen molar-refractivity contribution in [1.82, 2.24) is 0 Å². The molecule has 0 aliphatic heterocycles. The first-order valence-corrected chi connectivity index (χ1v) is 5.72. The Morgan fingerprint density at radius 2 is 2.11 bits per heavy atom. The van der Waals surface area contributed by atoms with Gasteiger partial charge in [-0.3, -0.25) is 0 Å². The predicted octanol–water partition coefficient (Wildman–Crippen LogP) is 1.72. The Labute approximate surface area is 107 Å². The molecule has 0 saturated heterocycles. The number of ether oxygens (including phenoxy) is 2. The highest BCUT2D eigenvalue weighted by atomic mass is 19.1. The molecule has 1 N–H and O–H groups in total. The normalized spacial score (nSPS) is 9.94. The fourth-order valence-electron chi connectivity index (χ4n) is 1.36. The van der Waals surface area contributed by atoms with Gasteiger partial charge >= 0.3 is 0 Å². The van der Waals surface area contributed by atoms with Gasteiger partial charge in [-0.2, -0.15) is 0 Å². The molecule has 0 heterocycles. The molecule has 0 bridgehead atoms. The molecule has 0 amide bonds. The molecule has 3 nitrogen and oxygen atoms in total. The molecule has 1 rings (SSSR count). The third-order valence-corrected chi connectivity index (χ3v) is 2.13. The van der Waals surface area contributed by atoms with Crippen LogP contribution in [0, 0.1) is 17.7 Å². The Morgan fingerprint density at radius 1 is 1.28 bits per heavy atom. The van der Waals surface area contributed by atoms with E-state index in [9.17, 15) is 4.39 Å². The van der Waals surface area contributed by atoms with Crippen molar-refractivity contribution in [3.8, 4) is 11.8 Å². The highest BCUT2D eigenvalue weighted by molar-refractivity contribution is 5.37. The second-order valence-electron chi connectivity index (χ2n) is 3.67. The number of benzene rings is 1. The highest BCUT2D eigenvalue weighted by Gasteiger charge is 1.99. The fourth-order valence-corrected chi connectivity index (χ4v) is 1.36. The van der Waals surface area contributed by atoms with Crippen molar-refractivity contribution >= 4 is 0 Å². The van der Waals surface area contributed by atoms with E-state index in [1.165, 1.54) is 12.1 Å². The monoisotopic (exact) mass is 252 g/mol. The summed E-state index contributed by atoms with van der Waals surface area (Å²) in [5.41, 5.74) is 1.33. The first kappa shape index (κ1) is 14.7. The Morgan fingerprint density at radius 3 is 2.83 bits per heavy atom. The maximum atomic E-state index is 13.3. The zero-order valence-electron chi connectivity index (χ0n) is 10.4. The third kappa shape index (κ3) is 5.78. The van der Waals surface area contributed by atoms with E-state index in [0.717, 1.165) is 5.56 Å². The Hall–Kier alpha value is -1.41. The molecule has 0 aromatic heterocycles. The van der Waals surface area contributed by atoms with Crippen molar-refractivity contribution < 1.29 is 19.0 Å². The Kier molecular flexibility index (Phi) is 7.04. The molecule has 1 aromatic carbocycles. The Balaban J connectivity index is 2.60. The molecule has 0 aliphatic carbocycles. The van der Waals surface area contributed by atoms with Crippen LogP contribution in [-0.2, 0) is 16.1 Å². The van der Waals surface area contributed by atoms with Gasteiger partial charge in [0.1, 0.15) is 5.82 Å². The lowest BCUT2D eigenvalue weighted by Gasteiger charge is -2.04. The van der Waals surface area contributed by atoms with Gasteiger partial charge in [-0.25, -0.2) is 4.39 Å². The summed E-state index contributed by atoms with van der Waals surface area (Å²) < 4.78 is 23.5. The van der Waals surface area contributed by atoms with E-state index in [4.69, 9.17) is 14.6 Å². The van der Waals surface area contributed by atoms with E-state index in [-0.39, 0.29) is 12.4 Å². The summed E-state index contributed by atoms with van der Waals surface area (Å²) >= 11 is 0. The van der Waals surface area contributed by atoms with E-state index in [2.05, 4.69) is 11.8 Å². The number of hydrogen-bond acceptors (Lipinski definition) is 3. The zero-order valence-corrected chi connectivity index (χ0v) is 10.4. The topological polar surface area (TPSA) is 38.7 Å². The Bertz CT molecular complexity index is 421. The van der Waals surface area contributed by atoms with Crippen LogP contribution in [0.3, 0.4) is 0 Å². The molecule has 4 heteroatoms. The molecular formula is C14H17FO3. The smallest absolute Gasteiger partial charge is 0.124 e. The number of aliphatic hydroxyl groups is 1. The third-order valence-electron chi connectivity index (χ3n) is 2.13. The van der Waals surface area contributed by atoms with Gasteiger partial charge in [0.05, 0.1) is 26.4 Å². The van der Waals surface area contributed by atoms with Gasteiger partial charge in [-0.15, -0.1) is 0 Å². The fraction of sp³-hybridized carbons (Fsp3) is 0.429. The standard InChI is InChI=1S/C14H17FO3/c1-17-6-7-18-11-13-8-12(4-2-3-5-16)9-14(15)10-13/h8-10,16H,3,5-7,11H2,1H3. The lowest BCUT2D eigenvalue weighted by molar-refractivity contribution is 0.0615. The minimum atomic E-state index is -0.337. The van der Waals surface area contributed by atoms with Gasteiger partial charge in [0.15, 0.2) is 0 Å². The van der Waals surface area contributed by atoms with Crippen LogP contribution in [-0.4, -0.2) is 32.0 Å². The number of rotatable bonds is 6. The molecule has 0 aliphatic rings. The lowest BCUT2D eigenvalue weighted by Crippen LogP contribution is -2.02. The summed E-state index contributed by atoms with van der Waals surface area (Å²) in [5, 5.41) is 8.61. The van der Waals surface area contributed by atoms with Crippen LogP contribution in [0.5, 0.6) is 0 Å². The van der Waals surface area contributed by atoms with Gasteiger partial charge in [-0.05, 0) is 23.8 Å². The molecule has 1 aromatic rings. The van der Waals surface area contributed by atoms with E-state index in [1.807, 2.05) is 0 Å². The van der Waals surface area contributed by atoms with Crippen LogP contribution in [0.1, 0.15) is 17.5 Å². The van der Waals surface area contributed by atoms with Gasteiger partial charge < -0.3 is 14.6 Å². The SMILES string of the molecule is COCCOCc1cc(F)cc(C#CCCO)c1. The van der Waals surface area contributed by atoms with E-state index in [0.29, 0.717) is 31.8 Å². The predicted molar refractivity (Wildman–Crippen MR) is 66.5 cm³/mol. The molecule has 0 unspecified atom stereocenters.